The minimum atomic E-state index is -0.173. The van der Waals surface area contributed by atoms with E-state index in [2.05, 4.69) is 27.4 Å². The maximum atomic E-state index is 13.5. The SMILES string of the molecule is CCN1CCCC(CNC(=NC)NCc2ccc(F)cc2CSC)C1.I. The molecule has 1 aliphatic heterocycles. The Labute approximate surface area is 178 Å². The first-order chi connectivity index (χ1) is 12.2. The molecular weight excluding hydrogens is 462 g/mol. The van der Waals surface area contributed by atoms with Gasteiger partial charge < -0.3 is 15.5 Å². The molecule has 1 aromatic rings. The fourth-order valence-electron chi connectivity index (χ4n) is 3.30. The highest BCUT2D eigenvalue weighted by atomic mass is 127. The van der Waals surface area contributed by atoms with Crippen LogP contribution in [-0.2, 0) is 12.3 Å². The Bertz CT molecular complexity index is 570. The van der Waals surface area contributed by atoms with Gasteiger partial charge in [-0.2, -0.15) is 11.8 Å². The molecule has 7 heteroatoms. The summed E-state index contributed by atoms with van der Waals surface area (Å²) >= 11 is 1.70. The summed E-state index contributed by atoms with van der Waals surface area (Å²) in [7, 11) is 1.79. The second kappa shape index (κ2) is 12.8. The lowest BCUT2D eigenvalue weighted by Crippen LogP contribution is -2.44. The molecule has 1 saturated heterocycles. The summed E-state index contributed by atoms with van der Waals surface area (Å²) in [6.45, 7) is 7.34. The topological polar surface area (TPSA) is 39.7 Å². The minimum absolute atomic E-state index is 0. The number of halogens is 2. The smallest absolute Gasteiger partial charge is 0.191 e. The van der Waals surface area contributed by atoms with Gasteiger partial charge in [-0.15, -0.1) is 24.0 Å². The van der Waals surface area contributed by atoms with Crippen molar-refractivity contribution in [1.82, 2.24) is 15.5 Å². The Morgan fingerprint density at radius 2 is 2.15 bits per heavy atom. The van der Waals surface area contributed by atoms with E-state index < -0.39 is 0 Å². The van der Waals surface area contributed by atoms with Crippen molar-refractivity contribution in [2.75, 3.05) is 39.5 Å². The monoisotopic (exact) mass is 494 g/mol. The molecule has 26 heavy (non-hydrogen) atoms. The van der Waals surface area contributed by atoms with Crippen molar-refractivity contribution in [3.05, 3.63) is 35.1 Å². The molecule has 2 N–H and O–H groups in total. The van der Waals surface area contributed by atoms with Crippen molar-refractivity contribution < 1.29 is 4.39 Å². The quantitative estimate of drug-likeness (QED) is 0.345. The molecule has 1 fully saturated rings. The van der Waals surface area contributed by atoms with Crippen LogP contribution < -0.4 is 10.6 Å². The van der Waals surface area contributed by atoms with Crippen LogP contribution in [0.25, 0.3) is 0 Å². The number of thioether (sulfide) groups is 1. The first kappa shape index (κ1) is 23.5. The summed E-state index contributed by atoms with van der Waals surface area (Å²) in [5.41, 5.74) is 2.16. The van der Waals surface area contributed by atoms with Crippen LogP contribution in [-0.4, -0.2) is 50.3 Å². The van der Waals surface area contributed by atoms with Crippen molar-refractivity contribution in [3.8, 4) is 0 Å². The van der Waals surface area contributed by atoms with Crippen LogP contribution >= 0.6 is 35.7 Å². The van der Waals surface area contributed by atoms with Gasteiger partial charge in [-0.05, 0) is 61.4 Å². The van der Waals surface area contributed by atoms with Crippen LogP contribution in [0.4, 0.5) is 4.39 Å². The van der Waals surface area contributed by atoms with E-state index in [-0.39, 0.29) is 29.8 Å². The predicted molar refractivity (Wildman–Crippen MR) is 122 cm³/mol. The lowest BCUT2D eigenvalue weighted by molar-refractivity contribution is 0.183. The maximum Gasteiger partial charge on any atom is 0.191 e. The van der Waals surface area contributed by atoms with Gasteiger partial charge in [0.1, 0.15) is 5.82 Å². The highest BCUT2D eigenvalue weighted by molar-refractivity contribution is 14.0. The van der Waals surface area contributed by atoms with E-state index in [4.69, 9.17) is 0 Å². The van der Waals surface area contributed by atoms with Gasteiger partial charge in [-0.3, -0.25) is 4.99 Å². The molecule has 0 bridgehead atoms. The summed E-state index contributed by atoms with van der Waals surface area (Å²) in [5.74, 6) is 2.13. The van der Waals surface area contributed by atoms with Crippen molar-refractivity contribution in [3.63, 3.8) is 0 Å². The number of guanidine groups is 1. The van der Waals surface area contributed by atoms with Gasteiger partial charge >= 0.3 is 0 Å². The normalized spacial score (nSPS) is 18.3. The van der Waals surface area contributed by atoms with Gasteiger partial charge in [-0.1, -0.05) is 13.0 Å². The van der Waals surface area contributed by atoms with Crippen LogP contribution in [0.3, 0.4) is 0 Å². The molecule has 2 rings (SSSR count). The van der Waals surface area contributed by atoms with E-state index >= 15 is 0 Å². The molecule has 1 aromatic carbocycles. The lowest BCUT2D eigenvalue weighted by Gasteiger charge is -2.32. The molecule has 0 aromatic heterocycles. The average molecular weight is 494 g/mol. The van der Waals surface area contributed by atoms with E-state index in [1.54, 1.807) is 24.9 Å². The molecule has 0 aliphatic carbocycles. The fourth-order valence-corrected chi connectivity index (χ4v) is 3.88. The number of hydrogen-bond donors (Lipinski definition) is 2. The van der Waals surface area contributed by atoms with E-state index in [9.17, 15) is 4.39 Å². The Hall–Kier alpha value is -0.540. The molecule has 1 atom stereocenters. The summed E-state index contributed by atoms with van der Waals surface area (Å²) in [6, 6.07) is 5.02. The first-order valence-corrected chi connectivity index (χ1v) is 10.5. The van der Waals surface area contributed by atoms with Crippen molar-refractivity contribution >= 4 is 41.7 Å². The molecule has 0 spiro atoms. The lowest BCUT2D eigenvalue weighted by atomic mass is 9.98. The molecule has 148 valence electrons. The zero-order valence-corrected chi connectivity index (χ0v) is 19.2. The third-order valence-corrected chi connectivity index (χ3v) is 5.35. The fraction of sp³-hybridized carbons (Fsp3) is 0.632. The number of benzene rings is 1. The number of rotatable bonds is 7. The number of hydrogen-bond acceptors (Lipinski definition) is 3. The van der Waals surface area contributed by atoms with Gasteiger partial charge in [0.25, 0.3) is 0 Å². The molecule has 0 amide bonds. The first-order valence-electron chi connectivity index (χ1n) is 9.09. The zero-order chi connectivity index (χ0) is 18.1. The third kappa shape index (κ3) is 7.60. The Morgan fingerprint density at radius 1 is 1.35 bits per heavy atom. The van der Waals surface area contributed by atoms with Crippen LogP contribution in [0.1, 0.15) is 30.9 Å². The minimum Gasteiger partial charge on any atom is -0.356 e. The molecular formula is C19H32FIN4S. The Balaban J connectivity index is 0.00000338. The van der Waals surface area contributed by atoms with E-state index in [0.29, 0.717) is 12.5 Å². The predicted octanol–water partition coefficient (Wildman–Crippen LogP) is 3.70. The number of piperidine rings is 1. The second-order valence-corrected chi connectivity index (χ2v) is 7.42. The number of likely N-dealkylation sites (tertiary alicyclic amines) is 1. The maximum absolute atomic E-state index is 13.5. The molecule has 4 nitrogen and oxygen atoms in total. The van der Waals surface area contributed by atoms with Crippen LogP contribution in [0, 0.1) is 11.7 Å². The molecule has 0 radical (unpaired) electrons. The Kier molecular flexibility index (Phi) is 11.5. The zero-order valence-electron chi connectivity index (χ0n) is 16.1. The summed E-state index contributed by atoms with van der Waals surface area (Å²) in [6.07, 6.45) is 4.59. The summed E-state index contributed by atoms with van der Waals surface area (Å²) in [4.78, 5) is 6.83. The largest absolute Gasteiger partial charge is 0.356 e. The van der Waals surface area contributed by atoms with Gasteiger partial charge in [-0.25, -0.2) is 4.39 Å². The van der Waals surface area contributed by atoms with Gasteiger partial charge in [0.2, 0.25) is 0 Å². The van der Waals surface area contributed by atoms with Crippen molar-refractivity contribution in [1.29, 1.82) is 0 Å². The molecule has 0 saturated carbocycles. The van der Waals surface area contributed by atoms with Gasteiger partial charge in [0.05, 0.1) is 0 Å². The van der Waals surface area contributed by atoms with Crippen LogP contribution in [0.15, 0.2) is 23.2 Å². The van der Waals surface area contributed by atoms with Gasteiger partial charge in [0.15, 0.2) is 5.96 Å². The van der Waals surface area contributed by atoms with Crippen LogP contribution in [0.5, 0.6) is 0 Å². The summed E-state index contributed by atoms with van der Waals surface area (Å²) in [5, 5.41) is 6.81. The molecule has 1 heterocycles. The Morgan fingerprint density at radius 3 is 2.85 bits per heavy atom. The van der Waals surface area contributed by atoms with Crippen molar-refractivity contribution in [2.24, 2.45) is 10.9 Å². The van der Waals surface area contributed by atoms with E-state index in [1.165, 1.54) is 25.5 Å². The van der Waals surface area contributed by atoms with Crippen molar-refractivity contribution in [2.45, 2.75) is 32.1 Å². The number of aliphatic imine (C=N–C) groups is 1. The molecule has 1 aliphatic rings. The van der Waals surface area contributed by atoms with Gasteiger partial charge in [0, 0.05) is 32.4 Å². The summed E-state index contributed by atoms with van der Waals surface area (Å²) < 4.78 is 13.5. The van der Waals surface area contributed by atoms with E-state index in [0.717, 1.165) is 42.5 Å². The van der Waals surface area contributed by atoms with Crippen LogP contribution in [0.2, 0.25) is 0 Å². The third-order valence-electron chi connectivity index (χ3n) is 4.75. The highest BCUT2D eigenvalue weighted by Gasteiger charge is 2.18. The number of nitrogens with one attached hydrogen (secondary N) is 2. The molecule has 1 unspecified atom stereocenters. The second-order valence-electron chi connectivity index (χ2n) is 6.55. The number of nitrogens with zero attached hydrogens (tertiary/aromatic N) is 2. The van der Waals surface area contributed by atoms with E-state index in [1.807, 2.05) is 12.3 Å². The standard InChI is InChI=1S/C19H31FN4S.HI/c1-4-24-9-5-6-15(13-24)11-22-19(21-2)23-12-16-7-8-18(20)10-17(16)14-25-3;/h7-8,10,15H,4-6,9,11-14H2,1-3H3,(H2,21,22,23);1H. The highest BCUT2D eigenvalue weighted by Crippen LogP contribution is 2.17. The average Bonchev–Trinajstić information content (AvgIpc) is 2.63.